The minimum Gasteiger partial charge on any atom is -0.493 e. The number of nitrogen functional groups attached to an aromatic ring is 2. The van der Waals surface area contributed by atoms with E-state index in [1.54, 1.807) is 12.1 Å². The van der Waals surface area contributed by atoms with Crippen LogP contribution in [-0.4, -0.2) is 34.3 Å². The van der Waals surface area contributed by atoms with E-state index >= 15 is 0 Å². The van der Waals surface area contributed by atoms with Gasteiger partial charge < -0.3 is 26.0 Å². The fourth-order valence-electron chi connectivity index (χ4n) is 2.08. The molecule has 1 aromatic heterocycles. The Balaban J connectivity index is 1.84. The number of aryl methyl sites for hydroxylation is 1. The van der Waals surface area contributed by atoms with Crippen LogP contribution in [0.5, 0.6) is 11.5 Å². The number of benzene rings is 1. The standard InChI is InChI=1S/C16H20N4O4/c1-2-12-13(14(17)20-16(18)19-12)24-8-4-7-23-11-6-3-5-10(9-11)15(21)22/h3,5-6,9H,2,4,7-8H2,1H3,(H,21,22)(H4,17,18,19,20). The van der Waals surface area contributed by atoms with Crippen LogP contribution < -0.4 is 20.9 Å². The van der Waals surface area contributed by atoms with Crippen molar-refractivity contribution in [2.75, 3.05) is 24.7 Å². The van der Waals surface area contributed by atoms with E-state index in [0.717, 1.165) is 0 Å². The Bertz CT molecular complexity index is 721. The van der Waals surface area contributed by atoms with E-state index in [1.807, 2.05) is 6.92 Å². The summed E-state index contributed by atoms with van der Waals surface area (Å²) in [5.74, 6) is 0.293. The summed E-state index contributed by atoms with van der Waals surface area (Å²) in [7, 11) is 0. The highest BCUT2D eigenvalue weighted by Crippen LogP contribution is 2.24. The summed E-state index contributed by atoms with van der Waals surface area (Å²) in [5.41, 5.74) is 12.2. The van der Waals surface area contributed by atoms with Crippen molar-refractivity contribution in [2.24, 2.45) is 0 Å². The molecule has 0 aliphatic heterocycles. The fourth-order valence-corrected chi connectivity index (χ4v) is 2.08. The van der Waals surface area contributed by atoms with Gasteiger partial charge in [0.25, 0.3) is 0 Å². The first-order chi connectivity index (χ1) is 11.5. The largest absolute Gasteiger partial charge is 0.493 e. The number of nitrogens with two attached hydrogens (primary N) is 2. The second-order valence-corrected chi connectivity index (χ2v) is 4.98. The van der Waals surface area contributed by atoms with Gasteiger partial charge in [0, 0.05) is 6.42 Å². The number of carbonyl (C=O) groups is 1. The van der Waals surface area contributed by atoms with Crippen LogP contribution in [0.2, 0.25) is 0 Å². The average Bonchev–Trinajstić information content (AvgIpc) is 2.56. The van der Waals surface area contributed by atoms with Gasteiger partial charge in [-0.15, -0.1) is 0 Å². The first-order valence-corrected chi connectivity index (χ1v) is 7.52. The zero-order valence-corrected chi connectivity index (χ0v) is 13.4. The molecule has 0 radical (unpaired) electrons. The quantitative estimate of drug-likeness (QED) is 0.622. The number of ether oxygens (including phenoxy) is 2. The van der Waals surface area contributed by atoms with Crippen LogP contribution >= 0.6 is 0 Å². The monoisotopic (exact) mass is 332 g/mol. The third-order valence-corrected chi connectivity index (χ3v) is 3.20. The third kappa shape index (κ3) is 4.48. The lowest BCUT2D eigenvalue weighted by molar-refractivity contribution is 0.0696. The summed E-state index contributed by atoms with van der Waals surface area (Å²) < 4.78 is 11.1. The number of carboxylic acid groups (broad SMARTS) is 1. The molecule has 0 saturated heterocycles. The Kier molecular flexibility index (Phi) is 5.78. The van der Waals surface area contributed by atoms with Crippen molar-refractivity contribution in [3.63, 3.8) is 0 Å². The number of hydrogen-bond donors (Lipinski definition) is 3. The van der Waals surface area contributed by atoms with Crippen LogP contribution in [0.25, 0.3) is 0 Å². The van der Waals surface area contributed by atoms with E-state index < -0.39 is 5.97 Å². The molecule has 0 aliphatic rings. The second-order valence-electron chi connectivity index (χ2n) is 4.98. The van der Waals surface area contributed by atoms with Crippen molar-refractivity contribution in [1.29, 1.82) is 0 Å². The van der Waals surface area contributed by atoms with Gasteiger partial charge in [0.2, 0.25) is 5.95 Å². The van der Waals surface area contributed by atoms with Gasteiger partial charge >= 0.3 is 5.97 Å². The van der Waals surface area contributed by atoms with Crippen LogP contribution in [0.1, 0.15) is 29.4 Å². The molecular weight excluding hydrogens is 312 g/mol. The number of rotatable bonds is 8. The lowest BCUT2D eigenvalue weighted by atomic mass is 10.2. The molecule has 2 aromatic rings. The van der Waals surface area contributed by atoms with E-state index in [2.05, 4.69) is 9.97 Å². The van der Waals surface area contributed by atoms with Crippen molar-refractivity contribution in [1.82, 2.24) is 9.97 Å². The Morgan fingerprint density at radius 2 is 1.96 bits per heavy atom. The number of anilines is 2. The van der Waals surface area contributed by atoms with E-state index in [1.165, 1.54) is 12.1 Å². The maximum Gasteiger partial charge on any atom is 0.335 e. The average molecular weight is 332 g/mol. The molecule has 8 nitrogen and oxygen atoms in total. The Morgan fingerprint density at radius 1 is 1.21 bits per heavy atom. The molecule has 0 spiro atoms. The van der Waals surface area contributed by atoms with Crippen molar-refractivity contribution < 1.29 is 19.4 Å². The molecule has 0 amide bonds. The number of aromatic carboxylic acids is 1. The normalized spacial score (nSPS) is 10.4. The van der Waals surface area contributed by atoms with Gasteiger partial charge in [-0.1, -0.05) is 13.0 Å². The van der Waals surface area contributed by atoms with Crippen molar-refractivity contribution in [2.45, 2.75) is 19.8 Å². The minimum absolute atomic E-state index is 0.123. The Morgan fingerprint density at radius 3 is 2.67 bits per heavy atom. The van der Waals surface area contributed by atoms with E-state index in [4.69, 9.17) is 26.0 Å². The molecule has 0 bridgehead atoms. The highest BCUT2D eigenvalue weighted by atomic mass is 16.5. The molecular formula is C16H20N4O4. The second kappa shape index (κ2) is 8.00. The van der Waals surface area contributed by atoms with Gasteiger partial charge in [-0.05, 0) is 24.6 Å². The summed E-state index contributed by atoms with van der Waals surface area (Å²) in [4.78, 5) is 18.9. The SMILES string of the molecule is CCc1nc(N)nc(N)c1OCCCOc1cccc(C(=O)O)c1. The molecule has 5 N–H and O–H groups in total. The lowest BCUT2D eigenvalue weighted by Gasteiger charge is -2.12. The highest BCUT2D eigenvalue weighted by molar-refractivity contribution is 5.87. The van der Waals surface area contributed by atoms with Crippen LogP contribution in [0.4, 0.5) is 11.8 Å². The smallest absolute Gasteiger partial charge is 0.335 e. The fraction of sp³-hybridized carbons (Fsp3) is 0.312. The van der Waals surface area contributed by atoms with Gasteiger partial charge in [0.15, 0.2) is 11.6 Å². The maximum atomic E-state index is 10.9. The van der Waals surface area contributed by atoms with Crippen LogP contribution in [0.3, 0.4) is 0 Å². The minimum atomic E-state index is -0.991. The number of carboxylic acids is 1. The topological polar surface area (TPSA) is 134 Å². The van der Waals surface area contributed by atoms with Crippen LogP contribution in [0.15, 0.2) is 24.3 Å². The van der Waals surface area contributed by atoms with Gasteiger partial charge in [0.1, 0.15) is 5.75 Å². The first-order valence-electron chi connectivity index (χ1n) is 7.52. The number of aromatic nitrogens is 2. The Hall–Kier alpha value is -3.03. The van der Waals surface area contributed by atoms with Crippen molar-refractivity contribution >= 4 is 17.7 Å². The van der Waals surface area contributed by atoms with E-state index in [0.29, 0.717) is 43.2 Å². The summed E-state index contributed by atoms with van der Waals surface area (Å²) in [6, 6.07) is 6.32. The van der Waals surface area contributed by atoms with Crippen molar-refractivity contribution in [3.05, 3.63) is 35.5 Å². The molecule has 0 aliphatic carbocycles. The predicted molar refractivity (Wildman–Crippen MR) is 89.2 cm³/mol. The van der Waals surface area contributed by atoms with Crippen molar-refractivity contribution in [3.8, 4) is 11.5 Å². The lowest BCUT2D eigenvalue weighted by Crippen LogP contribution is -2.11. The molecule has 8 heteroatoms. The molecule has 0 atom stereocenters. The maximum absolute atomic E-state index is 10.9. The molecule has 1 aromatic carbocycles. The zero-order valence-electron chi connectivity index (χ0n) is 13.4. The number of hydrogen-bond acceptors (Lipinski definition) is 7. The van der Waals surface area contributed by atoms with Crippen LogP contribution in [0, 0.1) is 0 Å². The summed E-state index contributed by atoms with van der Waals surface area (Å²) in [5, 5.41) is 8.93. The zero-order chi connectivity index (χ0) is 17.5. The molecule has 0 fully saturated rings. The molecule has 128 valence electrons. The third-order valence-electron chi connectivity index (χ3n) is 3.20. The van der Waals surface area contributed by atoms with E-state index in [9.17, 15) is 4.79 Å². The summed E-state index contributed by atoms with van der Waals surface area (Å²) in [6.45, 7) is 2.66. The first kappa shape index (κ1) is 17.3. The number of nitrogens with zero attached hydrogens (tertiary/aromatic N) is 2. The van der Waals surface area contributed by atoms with Gasteiger partial charge in [-0.3, -0.25) is 0 Å². The predicted octanol–water partition coefficient (Wildman–Crippen LogP) is 1.75. The summed E-state index contributed by atoms with van der Waals surface area (Å²) in [6.07, 6.45) is 1.22. The van der Waals surface area contributed by atoms with Gasteiger partial charge in [0.05, 0.1) is 24.5 Å². The van der Waals surface area contributed by atoms with E-state index in [-0.39, 0.29) is 17.3 Å². The highest BCUT2D eigenvalue weighted by Gasteiger charge is 2.11. The molecule has 0 saturated carbocycles. The van der Waals surface area contributed by atoms with Crippen LogP contribution in [-0.2, 0) is 6.42 Å². The summed E-state index contributed by atoms with van der Waals surface area (Å²) >= 11 is 0. The molecule has 24 heavy (non-hydrogen) atoms. The van der Waals surface area contributed by atoms with Gasteiger partial charge in [-0.2, -0.15) is 4.98 Å². The molecule has 0 unspecified atom stereocenters. The Labute approximate surface area is 139 Å². The molecule has 1 heterocycles. The molecule has 2 rings (SSSR count). The van der Waals surface area contributed by atoms with Gasteiger partial charge in [-0.25, -0.2) is 9.78 Å².